The van der Waals surface area contributed by atoms with E-state index in [9.17, 15) is 14.7 Å². The third-order valence-corrected chi connectivity index (χ3v) is 5.82. The Kier molecular flexibility index (Phi) is 5.87. The first-order chi connectivity index (χ1) is 15.1. The molecule has 0 bridgehead atoms. The van der Waals surface area contributed by atoms with Gasteiger partial charge in [0, 0.05) is 19.2 Å². The van der Waals surface area contributed by atoms with Gasteiger partial charge in [-0.15, -0.1) is 0 Å². The van der Waals surface area contributed by atoms with E-state index < -0.39 is 17.7 Å². The van der Waals surface area contributed by atoms with Crippen molar-refractivity contribution in [1.82, 2.24) is 4.90 Å². The van der Waals surface area contributed by atoms with Crippen molar-refractivity contribution in [2.75, 3.05) is 20.3 Å². The first-order valence-electron chi connectivity index (χ1n) is 10.4. The van der Waals surface area contributed by atoms with Gasteiger partial charge in [-0.05, 0) is 28.3 Å². The number of Topliss-reactive ketones (excluding diaryl/α,β-unsaturated/α-hetero) is 1. The number of aliphatic hydroxyl groups is 1. The van der Waals surface area contributed by atoms with Crippen LogP contribution in [0.2, 0.25) is 0 Å². The molecule has 0 aliphatic carbocycles. The predicted octanol–water partition coefficient (Wildman–Crippen LogP) is 4.47. The van der Waals surface area contributed by atoms with Crippen LogP contribution in [0, 0.1) is 0 Å². The summed E-state index contributed by atoms with van der Waals surface area (Å²) >= 11 is 0. The third-order valence-electron chi connectivity index (χ3n) is 5.82. The fourth-order valence-corrected chi connectivity index (χ4v) is 4.16. The van der Waals surface area contributed by atoms with E-state index in [1.807, 2.05) is 60.7 Å². The molecule has 5 heteroatoms. The largest absolute Gasteiger partial charge is 0.507 e. The minimum absolute atomic E-state index is 0.113. The van der Waals surface area contributed by atoms with Crippen LogP contribution in [0.25, 0.3) is 16.5 Å². The summed E-state index contributed by atoms with van der Waals surface area (Å²) in [5.74, 6) is -1.45. The van der Waals surface area contributed by atoms with Crippen LogP contribution >= 0.6 is 0 Å². The third kappa shape index (κ3) is 3.73. The molecule has 3 aromatic rings. The molecule has 1 unspecified atom stereocenters. The zero-order valence-electron chi connectivity index (χ0n) is 17.7. The Morgan fingerprint density at radius 3 is 2.42 bits per heavy atom. The summed E-state index contributed by atoms with van der Waals surface area (Å²) in [4.78, 5) is 27.5. The van der Waals surface area contributed by atoms with Gasteiger partial charge >= 0.3 is 0 Å². The highest BCUT2D eigenvalue weighted by atomic mass is 16.5. The standard InChI is InChI=1S/C26H25NO4/c1-3-17-11-13-19(14-12-17)23-22(25(29)26(30)27(23)15-16-31-2)24(28)21-10-6-8-18-7-4-5-9-20(18)21/h4-14,23,28H,3,15-16H2,1-2H3/b24-22-. The molecule has 1 aliphatic heterocycles. The van der Waals surface area contributed by atoms with Gasteiger partial charge in [0.1, 0.15) is 5.76 Å². The highest BCUT2D eigenvalue weighted by Gasteiger charge is 2.45. The van der Waals surface area contributed by atoms with E-state index in [0.29, 0.717) is 12.2 Å². The van der Waals surface area contributed by atoms with Crippen molar-refractivity contribution < 1.29 is 19.4 Å². The van der Waals surface area contributed by atoms with Gasteiger partial charge in [0.25, 0.3) is 11.7 Å². The number of nitrogens with zero attached hydrogens (tertiary/aromatic N) is 1. The predicted molar refractivity (Wildman–Crippen MR) is 121 cm³/mol. The average Bonchev–Trinajstić information content (AvgIpc) is 3.06. The number of carbonyl (C=O) groups excluding carboxylic acids is 2. The van der Waals surface area contributed by atoms with Gasteiger partial charge in [-0.3, -0.25) is 9.59 Å². The van der Waals surface area contributed by atoms with E-state index in [1.165, 1.54) is 4.90 Å². The van der Waals surface area contributed by atoms with Gasteiger partial charge in [0.15, 0.2) is 0 Å². The van der Waals surface area contributed by atoms with Crippen LogP contribution < -0.4 is 0 Å². The first kappa shape index (κ1) is 20.8. The maximum Gasteiger partial charge on any atom is 0.295 e. The minimum Gasteiger partial charge on any atom is -0.507 e. The summed E-state index contributed by atoms with van der Waals surface area (Å²) in [6.07, 6.45) is 0.889. The van der Waals surface area contributed by atoms with Crippen LogP contribution in [0.3, 0.4) is 0 Å². The normalized spacial score (nSPS) is 18.1. The Bertz CT molecular complexity index is 1160. The van der Waals surface area contributed by atoms with E-state index in [2.05, 4.69) is 6.92 Å². The molecule has 1 heterocycles. The SMILES string of the molecule is CCc1ccc(C2/C(=C(/O)c3cccc4ccccc34)C(=O)C(=O)N2CCOC)cc1. The van der Waals surface area contributed by atoms with Gasteiger partial charge in [0.05, 0.1) is 18.2 Å². The minimum atomic E-state index is -0.675. The maximum atomic E-state index is 13.1. The highest BCUT2D eigenvalue weighted by Crippen LogP contribution is 2.40. The van der Waals surface area contributed by atoms with Gasteiger partial charge < -0.3 is 14.7 Å². The fourth-order valence-electron chi connectivity index (χ4n) is 4.16. The second-order valence-electron chi connectivity index (χ2n) is 7.61. The number of methoxy groups -OCH3 is 1. The van der Waals surface area contributed by atoms with Crippen molar-refractivity contribution in [2.24, 2.45) is 0 Å². The number of fused-ring (bicyclic) bond motifs is 1. The van der Waals surface area contributed by atoms with E-state index in [1.54, 1.807) is 13.2 Å². The quantitative estimate of drug-likeness (QED) is 0.366. The number of likely N-dealkylation sites (tertiary alicyclic amines) is 1. The number of aliphatic hydroxyl groups excluding tert-OH is 1. The van der Waals surface area contributed by atoms with Gasteiger partial charge in [0.2, 0.25) is 0 Å². The molecule has 0 aromatic heterocycles. The molecular formula is C26H25NO4. The second-order valence-corrected chi connectivity index (χ2v) is 7.61. The molecule has 0 radical (unpaired) electrons. The second kappa shape index (κ2) is 8.74. The van der Waals surface area contributed by atoms with E-state index in [4.69, 9.17) is 4.74 Å². The van der Waals surface area contributed by atoms with Crippen molar-refractivity contribution in [3.05, 3.63) is 89.0 Å². The van der Waals surface area contributed by atoms with E-state index >= 15 is 0 Å². The molecule has 3 aromatic carbocycles. The van der Waals surface area contributed by atoms with Crippen LogP contribution in [0.5, 0.6) is 0 Å². The molecule has 1 aliphatic rings. The topological polar surface area (TPSA) is 66.8 Å². The average molecular weight is 415 g/mol. The van der Waals surface area contributed by atoms with Crippen molar-refractivity contribution in [3.8, 4) is 0 Å². The van der Waals surface area contributed by atoms with Crippen LogP contribution in [0.1, 0.15) is 29.7 Å². The Balaban J connectivity index is 1.91. The van der Waals surface area contributed by atoms with Crippen LogP contribution in [-0.2, 0) is 20.7 Å². The van der Waals surface area contributed by atoms with Crippen LogP contribution in [0.15, 0.2) is 72.3 Å². The molecule has 158 valence electrons. The molecule has 1 amide bonds. The highest BCUT2D eigenvalue weighted by molar-refractivity contribution is 6.46. The fraction of sp³-hybridized carbons (Fsp3) is 0.231. The molecule has 31 heavy (non-hydrogen) atoms. The van der Waals surface area contributed by atoms with Gasteiger partial charge in [-0.25, -0.2) is 0 Å². The Morgan fingerprint density at radius 1 is 1.00 bits per heavy atom. The summed E-state index contributed by atoms with van der Waals surface area (Å²) in [7, 11) is 1.55. The van der Waals surface area contributed by atoms with E-state index in [-0.39, 0.29) is 17.9 Å². The molecule has 1 atom stereocenters. The lowest BCUT2D eigenvalue weighted by atomic mass is 9.93. The number of ether oxygens (including phenoxy) is 1. The van der Waals surface area contributed by atoms with Crippen molar-refractivity contribution in [1.29, 1.82) is 0 Å². The molecule has 0 spiro atoms. The Hall–Kier alpha value is -3.44. The number of hydrogen-bond acceptors (Lipinski definition) is 4. The molecule has 1 N–H and O–H groups in total. The molecular weight excluding hydrogens is 390 g/mol. The molecule has 1 fully saturated rings. The van der Waals surface area contributed by atoms with Crippen molar-refractivity contribution in [3.63, 3.8) is 0 Å². The van der Waals surface area contributed by atoms with Gasteiger partial charge in [-0.2, -0.15) is 0 Å². The van der Waals surface area contributed by atoms with Crippen molar-refractivity contribution in [2.45, 2.75) is 19.4 Å². The maximum absolute atomic E-state index is 13.1. The van der Waals surface area contributed by atoms with E-state index in [0.717, 1.165) is 28.3 Å². The molecule has 1 saturated heterocycles. The monoisotopic (exact) mass is 415 g/mol. The summed E-state index contributed by atoms with van der Waals surface area (Å²) in [5.41, 5.74) is 2.60. The zero-order valence-corrected chi connectivity index (χ0v) is 17.7. The van der Waals surface area contributed by atoms with Gasteiger partial charge in [-0.1, -0.05) is 73.7 Å². The summed E-state index contributed by atoms with van der Waals surface area (Å²) in [6, 6.07) is 20.4. The summed E-state index contributed by atoms with van der Waals surface area (Å²) in [5, 5.41) is 13.1. The Labute approximate surface area is 181 Å². The first-order valence-corrected chi connectivity index (χ1v) is 10.4. The number of benzene rings is 3. The number of aryl methyl sites for hydroxylation is 1. The number of hydrogen-bond donors (Lipinski definition) is 1. The zero-order chi connectivity index (χ0) is 22.0. The van der Waals surface area contributed by atoms with Crippen LogP contribution in [-0.4, -0.2) is 42.0 Å². The number of ketones is 1. The molecule has 4 rings (SSSR count). The Morgan fingerprint density at radius 2 is 1.71 bits per heavy atom. The summed E-state index contributed by atoms with van der Waals surface area (Å²) < 4.78 is 5.16. The smallest absolute Gasteiger partial charge is 0.295 e. The number of amides is 1. The van der Waals surface area contributed by atoms with Crippen molar-refractivity contribution >= 4 is 28.2 Å². The molecule has 0 saturated carbocycles. The lowest BCUT2D eigenvalue weighted by Crippen LogP contribution is -2.32. The van der Waals surface area contributed by atoms with Crippen LogP contribution in [0.4, 0.5) is 0 Å². The number of rotatable bonds is 6. The molecule has 5 nitrogen and oxygen atoms in total. The lowest BCUT2D eigenvalue weighted by Gasteiger charge is -2.25. The lowest BCUT2D eigenvalue weighted by molar-refractivity contribution is -0.140. The number of carbonyl (C=O) groups is 2. The summed E-state index contributed by atoms with van der Waals surface area (Å²) in [6.45, 7) is 2.62.